The van der Waals surface area contributed by atoms with Gasteiger partial charge >= 0.3 is 0 Å². The monoisotopic (exact) mass is 305 g/mol. The van der Waals surface area contributed by atoms with Gasteiger partial charge < -0.3 is 10.1 Å². The lowest BCUT2D eigenvalue weighted by molar-refractivity contribution is -0.116. The molecule has 2 rings (SSSR count). The molecule has 0 aliphatic rings. The maximum atomic E-state index is 11.7. The maximum absolute atomic E-state index is 11.7. The molecular formula is C20H19NO2. The third kappa shape index (κ3) is 6.11. The van der Waals surface area contributed by atoms with Crippen LogP contribution in [0.3, 0.4) is 0 Å². The first kappa shape index (κ1) is 16.4. The Labute approximate surface area is 137 Å². The minimum atomic E-state index is -0.166. The smallest absolute Gasteiger partial charge is 0.244 e. The molecule has 0 fully saturated rings. The number of carbonyl (C=O) groups is 1. The van der Waals surface area contributed by atoms with Crippen LogP contribution in [-0.4, -0.2) is 19.1 Å². The summed E-state index contributed by atoms with van der Waals surface area (Å²) in [4.78, 5) is 11.7. The van der Waals surface area contributed by atoms with Gasteiger partial charge in [0.25, 0.3) is 0 Å². The van der Waals surface area contributed by atoms with Crippen molar-refractivity contribution in [3.8, 4) is 17.6 Å². The Morgan fingerprint density at radius 2 is 1.87 bits per heavy atom. The van der Waals surface area contributed by atoms with E-state index in [4.69, 9.17) is 4.74 Å². The summed E-state index contributed by atoms with van der Waals surface area (Å²) < 4.78 is 5.37. The third-order valence-electron chi connectivity index (χ3n) is 2.98. The van der Waals surface area contributed by atoms with Gasteiger partial charge in [-0.05, 0) is 42.8 Å². The topological polar surface area (TPSA) is 38.3 Å². The van der Waals surface area contributed by atoms with Crippen molar-refractivity contribution in [3.63, 3.8) is 0 Å². The molecule has 0 atom stereocenters. The van der Waals surface area contributed by atoms with Crippen molar-refractivity contribution in [2.45, 2.75) is 6.92 Å². The molecule has 2 aromatic carbocycles. The van der Waals surface area contributed by atoms with Crippen molar-refractivity contribution >= 4 is 12.0 Å². The van der Waals surface area contributed by atoms with Crippen LogP contribution in [0.2, 0.25) is 0 Å². The quantitative estimate of drug-likeness (QED) is 0.680. The van der Waals surface area contributed by atoms with Crippen LogP contribution in [0.4, 0.5) is 0 Å². The fourth-order valence-electron chi connectivity index (χ4n) is 1.87. The number of amides is 1. The summed E-state index contributed by atoms with van der Waals surface area (Å²) in [6, 6.07) is 17.2. The van der Waals surface area contributed by atoms with E-state index in [1.54, 1.807) is 6.08 Å². The molecule has 0 bridgehead atoms. The first-order valence-corrected chi connectivity index (χ1v) is 7.50. The van der Waals surface area contributed by atoms with E-state index in [0.717, 1.165) is 16.9 Å². The minimum Gasteiger partial charge on any atom is -0.494 e. The van der Waals surface area contributed by atoms with Gasteiger partial charge in [-0.1, -0.05) is 42.2 Å². The van der Waals surface area contributed by atoms with Crippen molar-refractivity contribution in [1.82, 2.24) is 5.32 Å². The van der Waals surface area contributed by atoms with Crippen LogP contribution in [0.15, 0.2) is 60.7 Å². The van der Waals surface area contributed by atoms with Crippen LogP contribution in [0.5, 0.6) is 5.75 Å². The fraction of sp³-hybridized carbons (Fsp3) is 0.150. The standard InChI is InChI=1S/C20H19NO2/c1-2-23-19-13-10-18(11-14-19)12-15-20(22)21-16-6-9-17-7-4-3-5-8-17/h3-5,7-8,10-15H,2,16H2,1H3,(H,21,22)/b15-12+. The fourth-order valence-corrected chi connectivity index (χ4v) is 1.87. The molecule has 0 saturated carbocycles. The van der Waals surface area contributed by atoms with E-state index in [9.17, 15) is 4.79 Å². The second-order valence-electron chi connectivity index (χ2n) is 4.72. The predicted octanol–water partition coefficient (Wildman–Crippen LogP) is 3.27. The molecule has 116 valence electrons. The summed E-state index contributed by atoms with van der Waals surface area (Å²) >= 11 is 0. The molecule has 3 heteroatoms. The number of hydrogen-bond donors (Lipinski definition) is 1. The molecule has 0 radical (unpaired) electrons. The van der Waals surface area contributed by atoms with E-state index in [0.29, 0.717) is 13.2 Å². The van der Waals surface area contributed by atoms with Crippen LogP contribution in [-0.2, 0) is 4.79 Å². The lowest BCUT2D eigenvalue weighted by Gasteiger charge is -2.02. The molecule has 1 N–H and O–H groups in total. The molecule has 1 amide bonds. The molecule has 0 saturated heterocycles. The Morgan fingerprint density at radius 3 is 2.57 bits per heavy atom. The molecular weight excluding hydrogens is 286 g/mol. The van der Waals surface area contributed by atoms with Crippen molar-refractivity contribution in [3.05, 3.63) is 71.8 Å². The van der Waals surface area contributed by atoms with E-state index < -0.39 is 0 Å². The lowest BCUT2D eigenvalue weighted by atomic mass is 10.2. The zero-order valence-corrected chi connectivity index (χ0v) is 13.1. The van der Waals surface area contributed by atoms with Crippen molar-refractivity contribution < 1.29 is 9.53 Å². The van der Waals surface area contributed by atoms with E-state index in [-0.39, 0.29) is 5.91 Å². The summed E-state index contributed by atoms with van der Waals surface area (Å²) in [5.74, 6) is 6.57. The molecule has 0 aliphatic heterocycles. The highest BCUT2D eigenvalue weighted by atomic mass is 16.5. The maximum Gasteiger partial charge on any atom is 0.244 e. The summed E-state index contributed by atoms with van der Waals surface area (Å²) in [6.07, 6.45) is 3.26. The number of nitrogens with one attached hydrogen (secondary N) is 1. The van der Waals surface area contributed by atoms with Gasteiger partial charge in [0.15, 0.2) is 0 Å². The number of carbonyl (C=O) groups excluding carboxylic acids is 1. The molecule has 3 nitrogen and oxygen atoms in total. The van der Waals surface area contributed by atoms with Gasteiger partial charge in [-0.25, -0.2) is 0 Å². The number of ether oxygens (including phenoxy) is 1. The summed E-state index contributed by atoms with van der Waals surface area (Å²) in [7, 11) is 0. The molecule has 2 aromatic rings. The third-order valence-corrected chi connectivity index (χ3v) is 2.98. The van der Waals surface area contributed by atoms with Crippen molar-refractivity contribution in [2.75, 3.05) is 13.2 Å². The Hall–Kier alpha value is -2.99. The minimum absolute atomic E-state index is 0.166. The van der Waals surface area contributed by atoms with E-state index in [2.05, 4.69) is 17.2 Å². The highest BCUT2D eigenvalue weighted by Gasteiger charge is 1.94. The number of hydrogen-bond acceptors (Lipinski definition) is 2. The van der Waals surface area contributed by atoms with Gasteiger partial charge in [-0.3, -0.25) is 4.79 Å². The summed E-state index contributed by atoms with van der Waals surface area (Å²) in [5.41, 5.74) is 1.88. The molecule has 23 heavy (non-hydrogen) atoms. The second kappa shape index (κ2) is 9.11. The highest BCUT2D eigenvalue weighted by Crippen LogP contribution is 2.12. The van der Waals surface area contributed by atoms with Gasteiger partial charge in [-0.15, -0.1) is 0 Å². The number of benzene rings is 2. The van der Waals surface area contributed by atoms with E-state index in [1.165, 1.54) is 6.08 Å². The molecule has 0 spiro atoms. The average Bonchev–Trinajstić information content (AvgIpc) is 2.59. The Balaban J connectivity index is 1.79. The van der Waals surface area contributed by atoms with Crippen LogP contribution >= 0.6 is 0 Å². The van der Waals surface area contributed by atoms with Gasteiger partial charge in [0, 0.05) is 11.6 Å². The molecule has 0 heterocycles. The SMILES string of the molecule is CCOc1ccc(/C=C/C(=O)NCC#Cc2ccccc2)cc1. The Morgan fingerprint density at radius 1 is 1.13 bits per heavy atom. The van der Waals surface area contributed by atoms with Gasteiger partial charge in [0.2, 0.25) is 5.91 Å². The van der Waals surface area contributed by atoms with Crippen LogP contribution in [0.25, 0.3) is 6.08 Å². The van der Waals surface area contributed by atoms with Crippen LogP contribution < -0.4 is 10.1 Å². The molecule has 0 aromatic heterocycles. The second-order valence-corrected chi connectivity index (χ2v) is 4.72. The molecule has 0 aliphatic carbocycles. The van der Waals surface area contributed by atoms with Crippen LogP contribution in [0, 0.1) is 11.8 Å². The first-order valence-electron chi connectivity index (χ1n) is 7.50. The summed E-state index contributed by atoms with van der Waals surface area (Å²) in [6.45, 7) is 2.90. The first-order chi connectivity index (χ1) is 11.3. The van der Waals surface area contributed by atoms with Crippen LogP contribution in [0.1, 0.15) is 18.1 Å². The predicted molar refractivity (Wildman–Crippen MR) is 93.0 cm³/mol. The van der Waals surface area contributed by atoms with Gasteiger partial charge in [0.05, 0.1) is 13.2 Å². The lowest BCUT2D eigenvalue weighted by Crippen LogP contribution is -2.20. The molecule has 0 unspecified atom stereocenters. The Bertz CT molecular complexity index is 707. The van der Waals surface area contributed by atoms with E-state index >= 15 is 0 Å². The number of rotatable bonds is 5. The largest absolute Gasteiger partial charge is 0.494 e. The highest BCUT2D eigenvalue weighted by molar-refractivity contribution is 5.91. The van der Waals surface area contributed by atoms with Gasteiger partial charge in [0.1, 0.15) is 5.75 Å². The van der Waals surface area contributed by atoms with Crippen molar-refractivity contribution in [1.29, 1.82) is 0 Å². The normalized spacial score (nSPS) is 9.96. The van der Waals surface area contributed by atoms with Crippen molar-refractivity contribution in [2.24, 2.45) is 0 Å². The zero-order chi connectivity index (χ0) is 16.3. The average molecular weight is 305 g/mol. The zero-order valence-electron chi connectivity index (χ0n) is 13.1. The summed E-state index contributed by atoms with van der Waals surface area (Å²) in [5, 5.41) is 2.73. The Kier molecular flexibility index (Phi) is 6.49. The van der Waals surface area contributed by atoms with E-state index in [1.807, 2.05) is 61.5 Å². The van der Waals surface area contributed by atoms with Gasteiger partial charge in [-0.2, -0.15) is 0 Å².